The van der Waals surface area contributed by atoms with Gasteiger partial charge >= 0.3 is 5.97 Å². The molecule has 0 bridgehead atoms. The SMILES string of the molecule is COC(=O)[C@]1(C)C(=O)N(CCCc2ccccc2)[C@H](C(=O)c2ccc(-c3cccc(C#N)c3)cc2)C1CN. The molecule has 1 heterocycles. The van der Waals surface area contributed by atoms with Gasteiger partial charge in [0.2, 0.25) is 5.91 Å². The van der Waals surface area contributed by atoms with Crippen LogP contribution in [0.5, 0.6) is 0 Å². The summed E-state index contributed by atoms with van der Waals surface area (Å²) >= 11 is 0. The smallest absolute Gasteiger partial charge is 0.321 e. The fourth-order valence-corrected chi connectivity index (χ4v) is 5.36. The minimum atomic E-state index is -1.55. The standard InChI is InChI=1S/C31H31N3O4/c1-31(30(37)38-2)26(20-33)27(34(29(31)36)17-7-11-21-8-4-3-5-9-21)28(35)24-15-13-23(14-16-24)25-12-6-10-22(18-25)19-32/h3-6,8-10,12-16,18,26-27H,7,11,17,20,33H2,1-2H3/t26?,27-,31-/m0/s1. The van der Waals surface area contributed by atoms with E-state index in [1.54, 1.807) is 24.3 Å². The number of ketones is 1. The first-order chi connectivity index (χ1) is 18.3. The predicted octanol–water partition coefficient (Wildman–Crippen LogP) is 4.01. The Hall–Kier alpha value is -4.28. The lowest BCUT2D eigenvalue weighted by molar-refractivity contribution is -0.159. The van der Waals surface area contributed by atoms with Gasteiger partial charge < -0.3 is 15.4 Å². The van der Waals surface area contributed by atoms with Crippen LogP contribution in [0.4, 0.5) is 0 Å². The monoisotopic (exact) mass is 509 g/mol. The van der Waals surface area contributed by atoms with Crippen LogP contribution in [0, 0.1) is 22.7 Å². The number of ether oxygens (including phenoxy) is 1. The summed E-state index contributed by atoms with van der Waals surface area (Å²) in [6.07, 6.45) is 1.35. The lowest BCUT2D eigenvalue weighted by Gasteiger charge is -2.28. The lowest BCUT2D eigenvalue weighted by atomic mass is 9.75. The number of hydrogen-bond acceptors (Lipinski definition) is 6. The summed E-state index contributed by atoms with van der Waals surface area (Å²) < 4.78 is 5.00. The number of hydrogen-bond donors (Lipinski definition) is 1. The first-order valence-electron chi connectivity index (χ1n) is 12.6. The number of esters is 1. The van der Waals surface area contributed by atoms with Gasteiger partial charge in [-0.2, -0.15) is 5.26 Å². The molecule has 1 aliphatic rings. The Bertz CT molecular complexity index is 1360. The quantitative estimate of drug-likeness (QED) is 0.265. The van der Waals surface area contributed by atoms with Crippen molar-refractivity contribution < 1.29 is 19.1 Å². The molecule has 0 aromatic heterocycles. The molecule has 1 aliphatic heterocycles. The second-order valence-electron chi connectivity index (χ2n) is 9.70. The maximum Gasteiger partial charge on any atom is 0.321 e. The van der Waals surface area contributed by atoms with Gasteiger partial charge in [-0.25, -0.2) is 0 Å². The van der Waals surface area contributed by atoms with Gasteiger partial charge in [-0.05, 0) is 55.1 Å². The van der Waals surface area contributed by atoms with Crippen LogP contribution in [-0.2, 0) is 20.7 Å². The van der Waals surface area contributed by atoms with Crippen molar-refractivity contribution in [1.82, 2.24) is 4.90 Å². The number of rotatable bonds is 9. The fraction of sp³-hybridized carbons (Fsp3) is 0.290. The molecular formula is C31H31N3O4. The average molecular weight is 510 g/mol. The van der Waals surface area contributed by atoms with E-state index in [4.69, 9.17) is 10.5 Å². The highest BCUT2D eigenvalue weighted by Gasteiger charge is 2.62. The number of methoxy groups -OCH3 is 1. The van der Waals surface area contributed by atoms with E-state index in [1.165, 1.54) is 18.9 Å². The van der Waals surface area contributed by atoms with Gasteiger partial charge in [-0.1, -0.05) is 66.7 Å². The number of nitriles is 1. The first kappa shape index (κ1) is 26.8. The number of aryl methyl sites for hydroxylation is 1. The topological polar surface area (TPSA) is 113 Å². The number of amides is 1. The third-order valence-corrected chi connectivity index (χ3v) is 7.50. The van der Waals surface area contributed by atoms with Crippen molar-refractivity contribution in [3.05, 3.63) is 95.6 Å². The Morgan fingerprint density at radius 2 is 1.74 bits per heavy atom. The van der Waals surface area contributed by atoms with Crippen molar-refractivity contribution in [3.8, 4) is 17.2 Å². The van der Waals surface area contributed by atoms with Gasteiger partial charge in [0.25, 0.3) is 0 Å². The van der Waals surface area contributed by atoms with Crippen molar-refractivity contribution in [3.63, 3.8) is 0 Å². The highest BCUT2D eigenvalue weighted by molar-refractivity contribution is 6.11. The van der Waals surface area contributed by atoms with Crippen LogP contribution in [0.1, 0.15) is 34.8 Å². The number of nitrogens with zero attached hydrogens (tertiary/aromatic N) is 2. The van der Waals surface area contributed by atoms with Gasteiger partial charge in [0.05, 0.1) is 18.7 Å². The third-order valence-electron chi connectivity index (χ3n) is 7.50. The molecule has 1 unspecified atom stereocenters. The third kappa shape index (κ3) is 4.96. The largest absolute Gasteiger partial charge is 0.468 e. The van der Waals surface area contributed by atoms with Crippen molar-refractivity contribution in [2.24, 2.45) is 17.1 Å². The zero-order valence-electron chi connectivity index (χ0n) is 21.6. The summed E-state index contributed by atoms with van der Waals surface area (Å²) in [6.45, 7) is 1.82. The van der Waals surface area contributed by atoms with E-state index < -0.39 is 29.3 Å². The molecule has 1 saturated heterocycles. The molecule has 1 amide bonds. The first-order valence-corrected chi connectivity index (χ1v) is 12.6. The average Bonchev–Trinajstić information content (AvgIpc) is 3.19. The van der Waals surface area contributed by atoms with Gasteiger partial charge in [-0.15, -0.1) is 0 Å². The molecule has 0 saturated carbocycles. The molecule has 3 atom stereocenters. The molecule has 2 N–H and O–H groups in total. The number of Topliss-reactive ketones (excluding diaryl/α,β-unsaturated/α-hetero) is 1. The van der Waals surface area contributed by atoms with Gasteiger partial charge in [-0.3, -0.25) is 14.4 Å². The van der Waals surface area contributed by atoms with Crippen molar-refractivity contribution >= 4 is 17.7 Å². The van der Waals surface area contributed by atoms with E-state index in [-0.39, 0.29) is 12.3 Å². The Labute approximate surface area is 222 Å². The van der Waals surface area contributed by atoms with Crippen LogP contribution >= 0.6 is 0 Å². The molecule has 1 fully saturated rings. The molecule has 3 aromatic carbocycles. The van der Waals surface area contributed by atoms with E-state index in [2.05, 4.69) is 6.07 Å². The van der Waals surface area contributed by atoms with Crippen LogP contribution in [0.25, 0.3) is 11.1 Å². The highest BCUT2D eigenvalue weighted by atomic mass is 16.5. The summed E-state index contributed by atoms with van der Waals surface area (Å²) in [5.74, 6) is -2.12. The molecular weight excluding hydrogens is 478 g/mol. The Kier molecular flexibility index (Phi) is 8.04. The summed E-state index contributed by atoms with van der Waals surface area (Å²) in [6, 6.07) is 25.4. The molecule has 194 valence electrons. The zero-order valence-corrected chi connectivity index (χ0v) is 21.6. The van der Waals surface area contributed by atoms with Gasteiger partial charge in [0.15, 0.2) is 5.78 Å². The molecule has 7 nitrogen and oxygen atoms in total. The summed E-state index contributed by atoms with van der Waals surface area (Å²) in [5.41, 5.74) is 8.38. The van der Waals surface area contributed by atoms with Crippen molar-refractivity contribution in [2.45, 2.75) is 25.8 Å². The fourth-order valence-electron chi connectivity index (χ4n) is 5.36. The van der Waals surface area contributed by atoms with E-state index in [9.17, 15) is 19.6 Å². The molecule has 0 aliphatic carbocycles. The molecule has 0 radical (unpaired) electrons. The summed E-state index contributed by atoms with van der Waals surface area (Å²) in [7, 11) is 1.24. The molecule has 38 heavy (non-hydrogen) atoms. The second-order valence-corrected chi connectivity index (χ2v) is 9.70. The Morgan fingerprint density at radius 3 is 2.37 bits per heavy atom. The maximum atomic E-state index is 13.9. The predicted molar refractivity (Wildman–Crippen MR) is 144 cm³/mol. The second kappa shape index (κ2) is 11.4. The number of likely N-dealkylation sites (tertiary alicyclic amines) is 1. The highest BCUT2D eigenvalue weighted by Crippen LogP contribution is 2.43. The Balaban J connectivity index is 1.64. The normalized spacial score (nSPS) is 20.7. The minimum absolute atomic E-state index is 0.0258. The number of benzene rings is 3. The van der Waals surface area contributed by atoms with E-state index in [0.29, 0.717) is 24.1 Å². The molecule has 4 rings (SSSR count). The number of nitrogens with two attached hydrogens (primary N) is 1. The Morgan fingerprint density at radius 1 is 1.03 bits per heavy atom. The van der Waals surface area contributed by atoms with E-state index in [1.807, 2.05) is 54.6 Å². The molecule has 0 spiro atoms. The van der Waals surface area contributed by atoms with E-state index in [0.717, 1.165) is 23.1 Å². The van der Waals surface area contributed by atoms with Crippen molar-refractivity contribution in [2.75, 3.05) is 20.2 Å². The summed E-state index contributed by atoms with van der Waals surface area (Å²) in [5, 5.41) is 9.20. The summed E-state index contributed by atoms with van der Waals surface area (Å²) in [4.78, 5) is 42.0. The molecule has 7 heteroatoms. The van der Waals surface area contributed by atoms with Gasteiger partial charge in [0, 0.05) is 18.0 Å². The van der Waals surface area contributed by atoms with Crippen LogP contribution in [-0.4, -0.2) is 48.8 Å². The van der Waals surface area contributed by atoms with Crippen LogP contribution in [0.3, 0.4) is 0 Å². The van der Waals surface area contributed by atoms with E-state index >= 15 is 0 Å². The zero-order chi connectivity index (χ0) is 27.3. The van der Waals surface area contributed by atoms with Crippen LogP contribution < -0.4 is 5.73 Å². The van der Waals surface area contributed by atoms with Crippen molar-refractivity contribution in [1.29, 1.82) is 5.26 Å². The van der Waals surface area contributed by atoms with Gasteiger partial charge in [0.1, 0.15) is 11.5 Å². The number of carbonyl (C=O) groups excluding carboxylic acids is 3. The minimum Gasteiger partial charge on any atom is -0.468 e. The lowest BCUT2D eigenvalue weighted by Crippen LogP contribution is -2.45. The molecule has 3 aromatic rings. The maximum absolute atomic E-state index is 13.9. The van der Waals surface area contributed by atoms with Crippen LogP contribution in [0.2, 0.25) is 0 Å². The van der Waals surface area contributed by atoms with Crippen LogP contribution in [0.15, 0.2) is 78.9 Å². The number of carbonyl (C=O) groups is 3.